The number of hydrogen-bond acceptors (Lipinski definition) is 3. The molecule has 92 valence electrons. The Labute approximate surface area is 101 Å². The van der Waals surface area contributed by atoms with E-state index in [1.165, 1.54) is 0 Å². The van der Waals surface area contributed by atoms with E-state index in [2.05, 4.69) is 10.3 Å². The van der Waals surface area contributed by atoms with Gasteiger partial charge in [0.2, 0.25) is 0 Å². The number of pyridine rings is 1. The molecule has 1 saturated heterocycles. The second-order valence-electron chi connectivity index (χ2n) is 4.77. The molecule has 1 atom stereocenters. The lowest BCUT2D eigenvalue weighted by atomic mass is 9.68. The van der Waals surface area contributed by atoms with Gasteiger partial charge >= 0.3 is 5.97 Å². The first-order chi connectivity index (χ1) is 8.15. The molecule has 0 bridgehead atoms. The monoisotopic (exact) mass is 234 g/mol. The summed E-state index contributed by atoms with van der Waals surface area (Å²) in [5.41, 5.74) is -0.0181. The standard InChI is InChI=1S/C13H18N2O2/c1-13(12(16)17,10-4-7-14-8-5-10)11-3-2-6-15-9-11/h2-3,6,9-10,14H,4-5,7-8H2,1H3,(H,16,17). The minimum absolute atomic E-state index is 0.172. The third-order valence-corrected chi connectivity index (χ3v) is 3.86. The van der Waals surface area contributed by atoms with Crippen molar-refractivity contribution in [2.24, 2.45) is 5.92 Å². The molecule has 1 fully saturated rings. The number of rotatable bonds is 3. The fourth-order valence-electron chi connectivity index (χ4n) is 2.60. The summed E-state index contributed by atoms with van der Waals surface area (Å²) in [5.74, 6) is -0.581. The van der Waals surface area contributed by atoms with E-state index in [0.29, 0.717) is 0 Å². The molecule has 0 spiro atoms. The highest BCUT2D eigenvalue weighted by molar-refractivity contribution is 5.81. The van der Waals surface area contributed by atoms with Gasteiger partial charge in [-0.25, -0.2) is 0 Å². The number of aromatic nitrogens is 1. The first-order valence-corrected chi connectivity index (χ1v) is 6.00. The van der Waals surface area contributed by atoms with Gasteiger partial charge in [0.05, 0.1) is 5.41 Å². The third kappa shape index (κ3) is 2.17. The number of piperidine rings is 1. The highest BCUT2D eigenvalue weighted by Crippen LogP contribution is 2.37. The van der Waals surface area contributed by atoms with Gasteiger partial charge in [-0.2, -0.15) is 0 Å². The van der Waals surface area contributed by atoms with Crippen LogP contribution in [0.5, 0.6) is 0 Å². The molecule has 2 heterocycles. The molecule has 4 heteroatoms. The highest BCUT2D eigenvalue weighted by atomic mass is 16.4. The predicted octanol–water partition coefficient (Wildman–Crippen LogP) is 1.42. The average Bonchev–Trinajstić information content (AvgIpc) is 2.39. The van der Waals surface area contributed by atoms with E-state index in [1.54, 1.807) is 18.5 Å². The number of hydrogen-bond donors (Lipinski definition) is 2. The number of carbonyl (C=O) groups is 1. The fourth-order valence-corrected chi connectivity index (χ4v) is 2.60. The minimum Gasteiger partial charge on any atom is -0.481 e. The molecule has 4 nitrogen and oxygen atoms in total. The first kappa shape index (κ1) is 12.0. The minimum atomic E-state index is -0.823. The summed E-state index contributed by atoms with van der Waals surface area (Å²) in [6.07, 6.45) is 5.15. The Bertz CT molecular complexity index is 388. The zero-order valence-corrected chi connectivity index (χ0v) is 10.0. The Morgan fingerprint density at radius 1 is 1.53 bits per heavy atom. The number of aliphatic carboxylic acids is 1. The molecule has 0 aromatic carbocycles. The fraction of sp³-hybridized carbons (Fsp3) is 0.538. The van der Waals surface area contributed by atoms with Crippen LogP contribution in [0.3, 0.4) is 0 Å². The molecule has 1 aliphatic rings. The van der Waals surface area contributed by atoms with Gasteiger partial charge < -0.3 is 10.4 Å². The van der Waals surface area contributed by atoms with Gasteiger partial charge in [-0.15, -0.1) is 0 Å². The van der Waals surface area contributed by atoms with Crippen LogP contribution in [0.4, 0.5) is 0 Å². The van der Waals surface area contributed by atoms with Crippen molar-refractivity contribution < 1.29 is 9.90 Å². The highest BCUT2D eigenvalue weighted by Gasteiger charge is 2.43. The van der Waals surface area contributed by atoms with Crippen LogP contribution in [-0.2, 0) is 10.2 Å². The van der Waals surface area contributed by atoms with E-state index in [9.17, 15) is 9.90 Å². The quantitative estimate of drug-likeness (QED) is 0.830. The Kier molecular flexibility index (Phi) is 3.43. The topological polar surface area (TPSA) is 62.2 Å². The summed E-state index contributed by atoms with van der Waals surface area (Å²) in [4.78, 5) is 15.7. The third-order valence-electron chi connectivity index (χ3n) is 3.86. The van der Waals surface area contributed by atoms with Crippen LogP contribution in [0.1, 0.15) is 25.3 Å². The van der Waals surface area contributed by atoms with E-state index < -0.39 is 11.4 Å². The SMILES string of the molecule is CC(C(=O)O)(c1cccnc1)C1CCNCC1. The van der Waals surface area contributed by atoms with Crippen molar-refractivity contribution in [2.45, 2.75) is 25.2 Å². The van der Waals surface area contributed by atoms with Gasteiger partial charge in [-0.3, -0.25) is 9.78 Å². The van der Waals surface area contributed by atoms with Crippen LogP contribution in [0.25, 0.3) is 0 Å². The Morgan fingerprint density at radius 3 is 2.76 bits per heavy atom. The zero-order chi connectivity index (χ0) is 12.3. The van der Waals surface area contributed by atoms with Gasteiger partial charge in [0.1, 0.15) is 0 Å². The zero-order valence-electron chi connectivity index (χ0n) is 10.0. The normalized spacial score (nSPS) is 20.8. The van der Waals surface area contributed by atoms with Crippen LogP contribution in [0.15, 0.2) is 24.5 Å². The smallest absolute Gasteiger partial charge is 0.314 e. The summed E-state index contributed by atoms with van der Waals surface area (Å²) in [7, 11) is 0. The van der Waals surface area contributed by atoms with Crippen molar-refractivity contribution in [3.8, 4) is 0 Å². The number of nitrogens with one attached hydrogen (secondary N) is 1. The summed E-state index contributed by atoms with van der Waals surface area (Å²) < 4.78 is 0. The molecule has 2 N–H and O–H groups in total. The second kappa shape index (κ2) is 4.84. The van der Waals surface area contributed by atoms with E-state index in [0.717, 1.165) is 31.5 Å². The molecule has 1 aromatic heterocycles. The largest absolute Gasteiger partial charge is 0.481 e. The summed E-state index contributed by atoms with van der Waals surface area (Å²) in [6.45, 7) is 3.62. The van der Waals surface area contributed by atoms with Gasteiger partial charge in [-0.1, -0.05) is 6.07 Å². The Morgan fingerprint density at radius 2 is 2.24 bits per heavy atom. The van der Waals surface area contributed by atoms with E-state index in [4.69, 9.17) is 0 Å². The molecule has 0 radical (unpaired) electrons. The maximum atomic E-state index is 11.7. The Balaban J connectivity index is 2.35. The van der Waals surface area contributed by atoms with Gasteiger partial charge in [-0.05, 0) is 50.4 Å². The molecular weight excluding hydrogens is 216 g/mol. The van der Waals surface area contributed by atoms with Crippen LogP contribution in [0, 0.1) is 5.92 Å². The van der Waals surface area contributed by atoms with Gasteiger partial charge in [0.25, 0.3) is 0 Å². The molecule has 2 rings (SSSR count). The van der Waals surface area contributed by atoms with Crippen molar-refractivity contribution in [1.29, 1.82) is 0 Å². The summed E-state index contributed by atoms with van der Waals surface area (Å²) in [6, 6.07) is 3.67. The van der Waals surface area contributed by atoms with Gasteiger partial charge in [0.15, 0.2) is 0 Å². The Hall–Kier alpha value is -1.42. The van der Waals surface area contributed by atoms with Crippen LogP contribution in [-0.4, -0.2) is 29.1 Å². The average molecular weight is 234 g/mol. The lowest BCUT2D eigenvalue weighted by molar-refractivity contribution is -0.146. The van der Waals surface area contributed by atoms with Crippen molar-refractivity contribution in [3.63, 3.8) is 0 Å². The second-order valence-corrected chi connectivity index (χ2v) is 4.77. The number of nitrogens with zero attached hydrogens (tertiary/aromatic N) is 1. The van der Waals surface area contributed by atoms with Crippen molar-refractivity contribution in [2.75, 3.05) is 13.1 Å². The lowest BCUT2D eigenvalue weighted by Gasteiger charge is -2.36. The molecule has 1 aromatic rings. The molecule has 1 unspecified atom stereocenters. The molecule has 0 saturated carbocycles. The first-order valence-electron chi connectivity index (χ1n) is 6.00. The van der Waals surface area contributed by atoms with Crippen molar-refractivity contribution >= 4 is 5.97 Å². The van der Waals surface area contributed by atoms with Crippen LogP contribution >= 0.6 is 0 Å². The molecular formula is C13H18N2O2. The van der Waals surface area contributed by atoms with Crippen LogP contribution < -0.4 is 5.32 Å². The number of carboxylic acids is 1. The molecule has 1 aliphatic heterocycles. The number of carboxylic acid groups (broad SMARTS) is 1. The maximum Gasteiger partial charge on any atom is 0.314 e. The molecule has 0 amide bonds. The summed E-state index contributed by atoms with van der Waals surface area (Å²) in [5, 5.41) is 12.9. The van der Waals surface area contributed by atoms with Crippen molar-refractivity contribution in [1.82, 2.24) is 10.3 Å². The van der Waals surface area contributed by atoms with E-state index >= 15 is 0 Å². The van der Waals surface area contributed by atoms with Crippen LogP contribution in [0.2, 0.25) is 0 Å². The van der Waals surface area contributed by atoms with Gasteiger partial charge in [0, 0.05) is 12.4 Å². The van der Waals surface area contributed by atoms with E-state index in [-0.39, 0.29) is 5.92 Å². The predicted molar refractivity (Wildman–Crippen MR) is 64.8 cm³/mol. The van der Waals surface area contributed by atoms with E-state index in [1.807, 2.05) is 13.0 Å². The lowest BCUT2D eigenvalue weighted by Crippen LogP contribution is -2.45. The van der Waals surface area contributed by atoms with Crippen molar-refractivity contribution in [3.05, 3.63) is 30.1 Å². The molecule has 17 heavy (non-hydrogen) atoms. The summed E-state index contributed by atoms with van der Waals surface area (Å²) >= 11 is 0. The maximum absolute atomic E-state index is 11.7. The molecule has 0 aliphatic carbocycles.